The highest BCUT2D eigenvalue weighted by Crippen LogP contribution is 2.31. The number of rotatable bonds is 9. The molecule has 0 bridgehead atoms. The van der Waals surface area contributed by atoms with Gasteiger partial charge in [0.25, 0.3) is 5.56 Å². The molecule has 0 saturated heterocycles. The summed E-state index contributed by atoms with van der Waals surface area (Å²) in [5.41, 5.74) is 1.64. The minimum atomic E-state index is -4.49. The molecular formula is C30H29FN4O4S. The molecule has 0 saturated carbocycles. The molecule has 0 aliphatic heterocycles. The minimum Gasteiger partial charge on any atom is -0.492 e. The Morgan fingerprint density at radius 3 is 2.45 bits per heavy atom. The summed E-state index contributed by atoms with van der Waals surface area (Å²) in [5, 5.41) is 19.9. The number of sulfone groups is 1. The van der Waals surface area contributed by atoms with Gasteiger partial charge < -0.3 is 5.11 Å². The number of halogens is 1. The normalized spacial score (nSPS) is 12.2. The molecule has 0 unspecified atom stereocenters. The molecule has 0 amide bonds. The number of nitriles is 1. The maximum atomic E-state index is 14.5. The van der Waals surface area contributed by atoms with Crippen molar-refractivity contribution in [2.24, 2.45) is 0 Å². The van der Waals surface area contributed by atoms with E-state index in [-0.39, 0.29) is 16.3 Å². The van der Waals surface area contributed by atoms with Crippen molar-refractivity contribution < 1.29 is 17.9 Å². The molecule has 8 nitrogen and oxygen atoms in total. The Bertz CT molecular complexity index is 1760. The van der Waals surface area contributed by atoms with E-state index >= 15 is 0 Å². The third kappa shape index (κ3) is 5.38. The van der Waals surface area contributed by atoms with Crippen molar-refractivity contribution in [1.29, 1.82) is 5.26 Å². The van der Waals surface area contributed by atoms with E-state index in [1.807, 2.05) is 19.9 Å². The number of unbranched alkanes of at least 4 members (excludes halogenated alkanes) is 1. The van der Waals surface area contributed by atoms with Gasteiger partial charge in [-0.3, -0.25) is 14.3 Å². The molecule has 0 radical (unpaired) electrons. The Morgan fingerprint density at radius 1 is 1.12 bits per heavy atom. The van der Waals surface area contributed by atoms with Crippen LogP contribution in [0.5, 0.6) is 5.88 Å². The van der Waals surface area contributed by atoms with E-state index in [9.17, 15) is 22.7 Å². The van der Waals surface area contributed by atoms with E-state index in [4.69, 9.17) is 5.26 Å². The molecule has 4 aromatic rings. The van der Waals surface area contributed by atoms with Crippen molar-refractivity contribution in [3.63, 3.8) is 0 Å². The maximum Gasteiger partial charge on any atom is 0.277 e. The van der Waals surface area contributed by atoms with Gasteiger partial charge in [0, 0.05) is 23.9 Å². The highest BCUT2D eigenvalue weighted by molar-refractivity contribution is 7.91. The molecule has 0 aliphatic carbocycles. The third-order valence-electron chi connectivity index (χ3n) is 6.83. The predicted octanol–water partition coefficient (Wildman–Crippen LogP) is 5.50. The van der Waals surface area contributed by atoms with Crippen LogP contribution in [0.4, 0.5) is 4.39 Å². The standard InChI is InChI=1S/C30H29FN4O4S/c1-4-6-9-27-34-29(36)28(30(37)35(27)26(5-2)21-10-11-22(18-32)25(31)17-21)40(38,39)23-14-12-20(13-15-23)24-8-7-16-33-19(24)3/h7-8,10-17,26,36H,4-6,9H2,1-3H3/t26-/m0/s1. The molecule has 2 heterocycles. The van der Waals surface area contributed by atoms with Crippen molar-refractivity contribution in [3.05, 3.63) is 99.6 Å². The van der Waals surface area contributed by atoms with Gasteiger partial charge in [-0.25, -0.2) is 12.8 Å². The first-order valence-electron chi connectivity index (χ1n) is 12.9. The molecule has 4 rings (SSSR count). The van der Waals surface area contributed by atoms with Gasteiger partial charge in [-0.05, 0) is 61.2 Å². The van der Waals surface area contributed by atoms with Gasteiger partial charge in [-0.2, -0.15) is 10.2 Å². The highest BCUT2D eigenvalue weighted by atomic mass is 32.2. The second-order valence-corrected chi connectivity index (χ2v) is 11.3. The summed E-state index contributed by atoms with van der Waals surface area (Å²) in [6.07, 6.45) is 3.66. The Balaban J connectivity index is 1.88. The quantitative estimate of drug-likeness (QED) is 0.286. The van der Waals surface area contributed by atoms with Crippen LogP contribution >= 0.6 is 0 Å². The number of aryl methyl sites for hydroxylation is 2. The summed E-state index contributed by atoms with van der Waals surface area (Å²) in [7, 11) is -4.49. The smallest absolute Gasteiger partial charge is 0.277 e. The number of benzene rings is 2. The van der Waals surface area contributed by atoms with Gasteiger partial charge >= 0.3 is 0 Å². The van der Waals surface area contributed by atoms with Crippen molar-refractivity contribution in [3.8, 4) is 23.1 Å². The average molecular weight is 561 g/mol. The van der Waals surface area contributed by atoms with Crippen LogP contribution in [-0.2, 0) is 16.3 Å². The largest absolute Gasteiger partial charge is 0.492 e. The lowest BCUT2D eigenvalue weighted by Gasteiger charge is -2.23. The van der Waals surface area contributed by atoms with Gasteiger partial charge in [0.05, 0.1) is 16.5 Å². The number of aromatic nitrogens is 3. The molecule has 2 aromatic heterocycles. The zero-order valence-electron chi connectivity index (χ0n) is 22.4. The summed E-state index contributed by atoms with van der Waals surface area (Å²) < 4.78 is 43.2. The second-order valence-electron chi connectivity index (χ2n) is 9.40. The van der Waals surface area contributed by atoms with E-state index in [2.05, 4.69) is 9.97 Å². The van der Waals surface area contributed by atoms with E-state index in [0.717, 1.165) is 23.2 Å². The van der Waals surface area contributed by atoms with Crippen molar-refractivity contribution in [2.75, 3.05) is 0 Å². The first kappa shape index (κ1) is 28.6. The van der Waals surface area contributed by atoms with Crippen molar-refractivity contribution in [2.45, 2.75) is 62.3 Å². The molecule has 40 heavy (non-hydrogen) atoms. The lowest BCUT2D eigenvalue weighted by Crippen LogP contribution is -2.33. The van der Waals surface area contributed by atoms with Crippen LogP contribution in [-0.4, -0.2) is 28.1 Å². The number of pyridine rings is 1. The Labute approximate surface area is 232 Å². The molecule has 1 atom stereocenters. The van der Waals surface area contributed by atoms with Crippen molar-refractivity contribution >= 4 is 9.84 Å². The van der Waals surface area contributed by atoms with Gasteiger partial charge in [-0.1, -0.05) is 44.5 Å². The Kier molecular flexibility index (Phi) is 8.45. The van der Waals surface area contributed by atoms with Crippen molar-refractivity contribution in [1.82, 2.24) is 14.5 Å². The fraction of sp³-hybridized carbons (Fsp3) is 0.267. The van der Waals surface area contributed by atoms with Gasteiger partial charge in [0.2, 0.25) is 15.7 Å². The molecule has 2 aromatic carbocycles. The van der Waals surface area contributed by atoms with E-state index in [0.29, 0.717) is 24.8 Å². The first-order valence-corrected chi connectivity index (χ1v) is 14.4. The zero-order chi connectivity index (χ0) is 29.0. The highest BCUT2D eigenvalue weighted by Gasteiger charge is 2.31. The Morgan fingerprint density at radius 2 is 1.85 bits per heavy atom. The SMILES string of the molecule is CCCCc1nc(O)c(S(=O)(=O)c2ccc(-c3cccnc3C)cc2)c(=O)n1[C@@H](CC)c1ccc(C#N)c(F)c1. The molecule has 0 aliphatic rings. The topological polar surface area (TPSA) is 126 Å². The van der Waals surface area contributed by atoms with Crippen LogP contribution in [0.1, 0.15) is 61.8 Å². The summed E-state index contributed by atoms with van der Waals surface area (Å²) in [6, 6.07) is 14.6. The summed E-state index contributed by atoms with van der Waals surface area (Å²) in [5.74, 6) is -1.42. The monoisotopic (exact) mass is 560 g/mol. The van der Waals surface area contributed by atoms with E-state index < -0.39 is 38.0 Å². The van der Waals surface area contributed by atoms with Crippen LogP contribution in [0.3, 0.4) is 0 Å². The maximum absolute atomic E-state index is 14.5. The van der Waals surface area contributed by atoms with Crippen LogP contribution in [0.2, 0.25) is 0 Å². The van der Waals surface area contributed by atoms with Gasteiger partial charge in [-0.15, -0.1) is 0 Å². The number of hydrogen-bond donors (Lipinski definition) is 1. The Hall–Kier alpha value is -4.36. The summed E-state index contributed by atoms with van der Waals surface area (Å²) in [4.78, 5) is 21.3. The summed E-state index contributed by atoms with van der Waals surface area (Å²) >= 11 is 0. The van der Waals surface area contributed by atoms with E-state index in [1.165, 1.54) is 34.9 Å². The van der Waals surface area contributed by atoms with Crippen LogP contribution in [0, 0.1) is 24.1 Å². The minimum absolute atomic E-state index is 0.144. The van der Waals surface area contributed by atoms with Crippen LogP contribution in [0.15, 0.2) is 75.4 Å². The van der Waals surface area contributed by atoms with Gasteiger partial charge in [0.15, 0.2) is 4.90 Å². The lowest BCUT2D eigenvalue weighted by molar-refractivity contribution is 0.406. The molecule has 206 valence electrons. The lowest BCUT2D eigenvalue weighted by atomic mass is 10.0. The molecule has 10 heteroatoms. The second kappa shape index (κ2) is 11.8. The third-order valence-corrected chi connectivity index (χ3v) is 8.62. The molecule has 1 N–H and O–H groups in total. The molecular weight excluding hydrogens is 531 g/mol. The number of nitrogens with zero attached hydrogens (tertiary/aromatic N) is 4. The first-order chi connectivity index (χ1) is 19.1. The van der Waals surface area contributed by atoms with Crippen LogP contribution < -0.4 is 5.56 Å². The molecule has 0 spiro atoms. The summed E-state index contributed by atoms with van der Waals surface area (Å²) in [6.45, 7) is 5.57. The average Bonchev–Trinajstić information content (AvgIpc) is 2.94. The predicted molar refractivity (Wildman–Crippen MR) is 148 cm³/mol. The van der Waals surface area contributed by atoms with Crippen LogP contribution in [0.25, 0.3) is 11.1 Å². The van der Waals surface area contributed by atoms with Gasteiger partial charge in [0.1, 0.15) is 17.7 Å². The fourth-order valence-corrected chi connectivity index (χ4v) is 6.08. The zero-order valence-corrected chi connectivity index (χ0v) is 23.2. The fourth-order valence-electron chi connectivity index (χ4n) is 4.73. The molecule has 0 fully saturated rings. The number of aromatic hydroxyl groups is 1. The van der Waals surface area contributed by atoms with E-state index in [1.54, 1.807) is 37.4 Å². The number of hydrogen-bond acceptors (Lipinski definition) is 7.